The van der Waals surface area contributed by atoms with Crippen molar-refractivity contribution in [1.29, 1.82) is 0 Å². The predicted molar refractivity (Wildman–Crippen MR) is 65.5 cm³/mol. The Morgan fingerprint density at radius 1 is 1.50 bits per heavy atom. The average Bonchev–Trinajstić information content (AvgIpc) is 2.65. The zero-order valence-electron chi connectivity index (χ0n) is 9.61. The fraction of sp³-hybridized carbons (Fsp3) is 0.667. The second-order valence-electron chi connectivity index (χ2n) is 4.64. The van der Waals surface area contributed by atoms with Crippen LogP contribution in [0.1, 0.15) is 36.4 Å². The van der Waals surface area contributed by atoms with Crippen LogP contribution in [0.2, 0.25) is 0 Å². The van der Waals surface area contributed by atoms with Crippen molar-refractivity contribution in [1.82, 2.24) is 4.98 Å². The van der Waals surface area contributed by atoms with Crippen LogP contribution in [0.25, 0.3) is 0 Å². The summed E-state index contributed by atoms with van der Waals surface area (Å²) in [6.45, 7) is 1.96. The Kier molecular flexibility index (Phi) is 3.71. The van der Waals surface area contributed by atoms with Gasteiger partial charge in [-0.15, -0.1) is 11.3 Å². The largest absolute Gasteiger partial charge is 0.328 e. The van der Waals surface area contributed by atoms with Crippen molar-refractivity contribution in [2.75, 3.05) is 0 Å². The van der Waals surface area contributed by atoms with E-state index >= 15 is 0 Å². The first-order valence-corrected chi connectivity index (χ1v) is 6.72. The molecule has 16 heavy (non-hydrogen) atoms. The Hall–Kier alpha value is -0.740. The van der Waals surface area contributed by atoms with Gasteiger partial charge in [0.25, 0.3) is 0 Å². The molecule has 0 radical (unpaired) electrons. The summed E-state index contributed by atoms with van der Waals surface area (Å²) in [5.41, 5.74) is 6.84. The molecule has 0 saturated heterocycles. The highest BCUT2D eigenvalue weighted by Gasteiger charge is 2.24. The minimum atomic E-state index is 0.226. The van der Waals surface area contributed by atoms with Gasteiger partial charge in [-0.2, -0.15) is 0 Å². The number of nitrogens with zero attached hydrogens (tertiary/aromatic N) is 1. The van der Waals surface area contributed by atoms with Crippen LogP contribution in [0.15, 0.2) is 5.38 Å². The third-order valence-corrected chi connectivity index (χ3v) is 4.19. The van der Waals surface area contributed by atoms with Gasteiger partial charge in [0.2, 0.25) is 0 Å². The number of carbonyl (C=O) groups is 1. The van der Waals surface area contributed by atoms with Crippen molar-refractivity contribution in [3.8, 4) is 0 Å². The molecule has 88 valence electrons. The summed E-state index contributed by atoms with van der Waals surface area (Å²) in [5.74, 6) is 0.574. The third kappa shape index (κ3) is 2.89. The van der Waals surface area contributed by atoms with Gasteiger partial charge in [0.05, 0.1) is 6.42 Å². The molecule has 4 heteroatoms. The summed E-state index contributed by atoms with van der Waals surface area (Å²) < 4.78 is 0. The lowest BCUT2D eigenvalue weighted by Crippen LogP contribution is -2.30. The summed E-state index contributed by atoms with van der Waals surface area (Å²) in [6.07, 6.45) is 4.42. The topological polar surface area (TPSA) is 56.0 Å². The summed E-state index contributed by atoms with van der Waals surface area (Å²) in [4.78, 5) is 16.3. The quantitative estimate of drug-likeness (QED) is 0.877. The number of aryl methyl sites for hydroxylation is 1. The van der Waals surface area contributed by atoms with E-state index in [2.05, 4.69) is 4.98 Å². The van der Waals surface area contributed by atoms with Crippen molar-refractivity contribution in [2.45, 2.75) is 45.1 Å². The number of carbonyl (C=O) groups excluding carboxylic acids is 1. The van der Waals surface area contributed by atoms with Crippen LogP contribution in [0.5, 0.6) is 0 Å². The van der Waals surface area contributed by atoms with Crippen LogP contribution in [-0.2, 0) is 11.2 Å². The number of nitrogens with two attached hydrogens (primary N) is 1. The molecule has 0 bridgehead atoms. The Morgan fingerprint density at radius 3 is 2.75 bits per heavy atom. The van der Waals surface area contributed by atoms with Crippen molar-refractivity contribution < 1.29 is 4.79 Å². The lowest BCUT2D eigenvalue weighted by molar-refractivity contribution is -0.123. The summed E-state index contributed by atoms with van der Waals surface area (Å²) in [7, 11) is 0. The Morgan fingerprint density at radius 2 is 2.19 bits per heavy atom. The SMILES string of the molecule is Cc1csc(CC(=O)C2CCC(N)CC2)n1. The minimum Gasteiger partial charge on any atom is -0.328 e. The van der Waals surface area contributed by atoms with Gasteiger partial charge in [-0.1, -0.05) is 0 Å². The Balaban J connectivity index is 1.88. The summed E-state index contributed by atoms with van der Waals surface area (Å²) in [6, 6.07) is 0.311. The zero-order chi connectivity index (χ0) is 11.5. The molecule has 1 aliphatic carbocycles. The molecule has 1 fully saturated rings. The third-order valence-electron chi connectivity index (χ3n) is 3.22. The first-order valence-electron chi connectivity index (χ1n) is 5.84. The van der Waals surface area contributed by atoms with E-state index < -0.39 is 0 Å². The molecular formula is C12H18N2OS. The van der Waals surface area contributed by atoms with Gasteiger partial charge < -0.3 is 5.73 Å². The van der Waals surface area contributed by atoms with E-state index in [9.17, 15) is 4.79 Å². The van der Waals surface area contributed by atoms with Crippen molar-refractivity contribution >= 4 is 17.1 Å². The molecule has 0 aromatic carbocycles. The van der Waals surface area contributed by atoms with Gasteiger partial charge in [-0.05, 0) is 32.6 Å². The van der Waals surface area contributed by atoms with Crippen molar-refractivity contribution in [2.24, 2.45) is 11.7 Å². The van der Waals surface area contributed by atoms with Gasteiger partial charge >= 0.3 is 0 Å². The summed E-state index contributed by atoms with van der Waals surface area (Å²) >= 11 is 1.59. The molecule has 0 aliphatic heterocycles. The number of rotatable bonds is 3. The smallest absolute Gasteiger partial charge is 0.142 e. The van der Waals surface area contributed by atoms with E-state index in [0.717, 1.165) is 36.4 Å². The van der Waals surface area contributed by atoms with Crippen molar-refractivity contribution in [3.63, 3.8) is 0 Å². The lowest BCUT2D eigenvalue weighted by Gasteiger charge is -2.24. The van der Waals surface area contributed by atoms with Gasteiger partial charge in [0.15, 0.2) is 0 Å². The fourth-order valence-electron chi connectivity index (χ4n) is 2.22. The Bertz CT molecular complexity index is 367. The maximum absolute atomic E-state index is 12.0. The summed E-state index contributed by atoms with van der Waals surface area (Å²) in [5, 5.41) is 2.96. The highest BCUT2D eigenvalue weighted by molar-refractivity contribution is 7.09. The molecule has 2 N–H and O–H groups in total. The first-order chi connectivity index (χ1) is 7.65. The van der Waals surface area contributed by atoms with Crippen LogP contribution in [0.3, 0.4) is 0 Å². The van der Waals surface area contributed by atoms with E-state index in [1.165, 1.54) is 0 Å². The van der Waals surface area contributed by atoms with E-state index in [1.807, 2.05) is 12.3 Å². The molecule has 1 saturated carbocycles. The molecule has 1 heterocycles. The molecular weight excluding hydrogens is 220 g/mol. The van der Waals surface area contributed by atoms with Crippen LogP contribution in [-0.4, -0.2) is 16.8 Å². The van der Waals surface area contributed by atoms with E-state index in [-0.39, 0.29) is 5.92 Å². The van der Waals surface area contributed by atoms with Crippen LogP contribution >= 0.6 is 11.3 Å². The number of hydrogen-bond acceptors (Lipinski definition) is 4. The lowest BCUT2D eigenvalue weighted by atomic mass is 9.83. The molecule has 0 atom stereocenters. The Labute approximate surface area is 100 Å². The molecule has 0 amide bonds. The zero-order valence-corrected chi connectivity index (χ0v) is 10.4. The minimum absolute atomic E-state index is 0.226. The number of aromatic nitrogens is 1. The van der Waals surface area contributed by atoms with Gasteiger partial charge in [0.1, 0.15) is 10.8 Å². The molecule has 1 aliphatic rings. The van der Waals surface area contributed by atoms with Gasteiger partial charge in [-0.25, -0.2) is 4.98 Å². The molecule has 1 aromatic rings. The molecule has 2 rings (SSSR count). The maximum Gasteiger partial charge on any atom is 0.142 e. The molecule has 1 aromatic heterocycles. The number of thiazole rings is 1. The fourth-order valence-corrected chi connectivity index (χ4v) is 3.00. The maximum atomic E-state index is 12.0. The predicted octanol–water partition coefficient (Wildman–Crippen LogP) is 2.08. The highest BCUT2D eigenvalue weighted by Crippen LogP contribution is 2.25. The van der Waals surface area contributed by atoms with E-state index in [4.69, 9.17) is 5.73 Å². The van der Waals surface area contributed by atoms with Gasteiger partial charge in [-0.3, -0.25) is 4.79 Å². The second kappa shape index (κ2) is 5.06. The average molecular weight is 238 g/mol. The standard InChI is InChI=1S/C12H18N2OS/c1-8-7-16-12(14-8)6-11(15)9-2-4-10(13)5-3-9/h7,9-10H,2-6,13H2,1H3. The normalized spacial score (nSPS) is 25.6. The van der Waals surface area contributed by atoms with E-state index in [0.29, 0.717) is 18.2 Å². The van der Waals surface area contributed by atoms with Gasteiger partial charge in [0, 0.05) is 23.0 Å². The number of ketones is 1. The highest BCUT2D eigenvalue weighted by atomic mass is 32.1. The molecule has 0 unspecified atom stereocenters. The van der Waals surface area contributed by atoms with E-state index in [1.54, 1.807) is 11.3 Å². The molecule has 0 spiro atoms. The van der Waals surface area contributed by atoms with Crippen molar-refractivity contribution in [3.05, 3.63) is 16.1 Å². The molecule has 3 nitrogen and oxygen atoms in total. The van der Waals surface area contributed by atoms with Crippen LogP contribution < -0.4 is 5.73 Å². The number of hydrogen-bond donors (Lipinski definition) is 1. The number of Topliss-reactive ketones (excluding diaryl/α,β-unsaturated/α-hetero) is 1. The van der Waals surface area contributed by atoms with Crippen LogP contribution in [0, 0.1) is 12.8 Å². The monoisotopic (exact) mass is 238 g/mol. The second-order valence-corrected chi connectivity index (χ2v) is 5.58. The first kappa shape index (κ1) is 11.7. The van der Waals surface area contributed by atoms with Crippen LogP contribution in [0.4, 0.5) is 0 Å².